The normalized spacial score (nSPS) is 10.8. The molecular formula is C19H18BrN3O2. The zero-order valence-electron chi connectivity index (χ0n) is 13.8. The van der Waals surface area contributed by atoms with Gasteiger partial charge in [0.15, 0.2) is 0 Å². The van der Waals surface area contributed by atoms with E-state index in [4.69, 9.17) is 0 Å². The standard InChI is InChI=1S/C19H18BrN3O2/c1-2-13-4-3-5-15(10-13)22-18(24)8-9-23-12-21-17-7-6-14(20)11-16(17)19(23)25/h3-7,10-12H,2,8-9H2,1H3,(H,22,24). The van der Waals surface area contributed by atoms with Crippen LogP contribution in [0, 0.1) is 0 Å². The maximum Gasteiger partial charge on any atom is 0.261 e. The van der Waals surface area contributed by atoms with E-state index in [0.717, 1.165) is 16.6 Å². The molecular weight excluding hydrogens is 382 g/mol. The minimum absolute atomic E-state index is 0.130. The number of amides is 1. The van der Waals surface area contributed by atoms with Crippen molar-refractivity contribution in [2.45, 2.75) is 26.3 Å². The van der Waals surface area contributed by atoms with Gasteiger partial charge in [0.25, 0.3) is 5.56 Å². The van der Waals surface area contributed by atoms with E-state index in [1.165, 1.54) is 16.5 Å². The zero-order chi connectivity index (χ0) is 17.8. The van der Waals surface area contributed by atoms with E-state index in [0.29, 0.717) is 10.9 Å². The number of nitrogens with zero attached hydrogens (tertiary/aromatic N) is 2. The van der Waals surface area contributed by atoms with Gasteiger partial charge in [-0.15, -0.1) is 0 Å². The molecule has 0 saturated heterocycles. The lowest BCUT2D eigenvalue weighted by molar-refractivity contribution is -0.116. The van der Waals surface area contributed by atoms with Gasteiger partial charge in [-0.2, -0.15) is 0 Å². The molecule has 0 aliphatic carbocycles. The van der Waals surface area contributed by atoms with Crippen LogP contribution in [0.4, 0.5) is 5.69 Å². The molecule has 5 nitrogen and oxygen atoms in total. The van der Waals surface area contributed by atoms with Crippen molar-refractivity contribution in [2.75, 3.05) is 5.32 Å². The molecule has 0 fully saturated rings. The molecule has 3 aromatic rings. The molecule has 1 heterocycles. The smallest absolute Gasteiger partial charge is 0.261 e. The lowest BCUT2D eigenvalue weighted by atomic mass is 10.1. The fourth-order valence-corrected chi connectivity index (χ4v) is 2.97. The van der Waals surface area contributed by atoms with E-state index >= 15 is 0 Å². The fraction of sp³-hybridized carbons (Fsp3) is 0.211. The van der Waals surface area contributed by atoms with E-state index in [1.807, 2.05) is 30.3 Å². The van der Waals surface area contributed by atoms with Gasteiger partial charge in [-0.1, -0.05) is 35.0 Å². The summed E-state index contributed by atoms with van der Waals surface area (Å²) in [5, 5.41) is 3.41. The first kappa shape index (κ1) is 17.4. The molecule has 1 aromatic heterocycles. The van der Waals surface area contributed by atoms with Gasteiger partial charge in [0, 0.05) is 23.1 Å². The number of fused-ring (bicyclic) bond motifs is 1. The second kappa shape index (κ2) is 7.61. The van der Waals surface area contributed by atoms with Crippen molar-refractivity contribution in [1.82, 2.24) is 9.55 Å². The van der Waals surface area contributed by atoms with Crippen molar-refractivity contribution >= 4 is 38.4 Å². The first-order chi connectivity index (χ1) is 12.1. The van der Waals surface area contributed by atoms with Crippen LogP contribution in [0.25, 0.3) is 10.9 Å². The summed E-state index contributed by atoms with van der Waals surface area (Å²) in [6.45, 7) is 2.35. The molecule has 0 bridgehead atoms. The summed E-state index contributed by atoms with van der Waals surface area (Å²) in [6.07, 6.45) is 2.61. The second-order valence-corrected chi connectivity index (χ2v) is 6.67. The summed E-state index contributed by atoms with van der Waals surface area (Å²) in [5.74, 6) is -0.130. The molecule has 2 aromatic carbocycles. The molecule has 0 aliphatic heterocycles. The Labute approximate surface area is 153 Å². The molecule has 0 unspecified atom stereocenters. The van der Waals surface area contributed by atoms with Gasteiger partial charge in [0.1, 0.15) is 0 Å². The van der Waals surface area contributed by atoms with Gasteiger partial charge in [-0.05, 0) is 42.3 Å². The van der Waals surface area contributed by atoms with Crippen molar-refractivity contribution < 1.29 is 4.79 Å². The number of halogens is 1. The second-order valence-electron chi connectivity index (χ2n) is 5.76. The third-order valence-corrected chi connectivity index (χ3v) is 4.48. The van der Waals surface area contributed by atoms with E-state index in [2.05, 4.69) is 33.2 Å². The van der Waals surface area contributed by atoms with Crippen LogP contribution in [-0.2, 0) is 17.8 Å². The Hall–Kier alpha value is -2.47. The van der Waals surface area contributed by atoms with Crippen LogP contribution in [0.15, 0.2) is 58.1 Å². The highest BCUT2D eigenvalue weighted by atomic mass is 79.9. The largest absolute Gasteiger partial charge is 0.326 e. The van der Waals surface area contributed by atoms with Gasteiger partial charge in [0.2, 0.25) is 5.91 Å². The number of hydrogen-bond donors (Lipinski definition) is 1. The van der Waals surface area contributed by atoms with Crippen molar-refractivity contribution in [3.63, 3.8) is 0 Å². The van der Waals surface area contributed by atoms with Gasteiger partial charge < -0.3 is 5.32 Å². The predicted octanol–water partition coefficient (Wildman–Crippen LogP) is 3.75. The Balaban J connectivity index is 1.70. The van der Waals surface area contributed by atoms with Crippen molar-refractivity contribution in [3.05, 3.63) is 69.2 Å². The summed E-state index contributed by atoms with van der Waals surface area (Å²) >= 11 is 3.36. The highest BCUT2D eigenvalue weighted by molar-refractivity contribution is 9.10. The summed E-state index contributed by atoms with van der Waals surface area (Å²) in [5.41, 5.74) is 2.44. The van der Waals surface area contributed by atoms with Gasteiger partial charge in [0.05, 0.1) is 17.2 Å². The number of aromatic nitrogens is 2. The molecule has 6 heteroatoms. The average molecular weight is 400 g/mol. The summed E-state index contributed by atoms with van der Waals surface area (Å²) in [4.78, 5) is 28.9. The van der Waals surface area contributed by atoms with Gasteiger partial charge in [-0.25, -0.2) is 4.98 Å². The molecule has 0 atom stereocenters. The van der Waals surface area contributed by atoms with E-state index < -0.39 is 0 Å². The third-order valence-electron chi connectivity index (χ3n) is 3.98. The first-order valence-corrected chi connectivity index (χ1v) is 8.89. The number of carbonyl (C=O) groups is 1. The van der Waals surface area contributed by atoms with Crippen LogP contribution >= 0.6 is 15.9 Å². The SMILES string of the molecule is CCc1cccc(NC(=O)CCn2cnc3ccc(Br)cc3c2=O)c1. The molecule has 128 valence electrons. The Kier molecular flexibility index (Phi) is 5.28. The van der Waals surface area contributed by atoms with Crippen LogP contribution in [0.5, 0.6) is 0 Å². The van der Waals surface area contributed by atoms with Crippen LogP contribution in [0.1, 0.15) is 18.9 Å². The highest BCUT2D eigenvalue weighted by Gasteiger charge is 2.08. The van der Waals surface area contributed by atoms with Gasteiger partial charge in [-0.3, -0.25) is 14.2 Å². The molecule has 0 spiro atoms. The molecule has 0 saturated carbocycles. The van der Waals surface area contributed by atoms with E-state index in [1.54, 1.807) is 12.1 Å². The monoisotopic (exact) mass is 399 g/mol. The lowest BCUT2D eigenvalue weighted by Crippen LogP contribution is -2.23. The number of hydrogen-bond acceptors (Lipinski definition) is 3. The Bertz CT molecular complexity index is 982. The number of rotatable bonds is 5. The molecule has 3 rings (SSSR count). The topological polar surface area (TPSA) is 64.0 Å². The van der Waals surface area contributed by atoms with E-state index in [9.17, 15) is 9.59 Å². The van der Waals surface area contributed by atoms with Crippen molar-refractivity contribution in [2.24, 2.45) is 0 Å². The predicted molar refractivity (Wildman–Crippen MR) is 103 cm³/mol. The van der Waals surface area contributed by atoms with E-state index in [-0.39, 0.29) is 24.4 Å². The highest BCUT2D eigenvalue weighted by Crippen LogP contribution is 2.15. The maximum absolute atomic E-state index is 12.5. The molecule has 1 amide bonds. The zero-order valence-corrected chi connectivity index (χ0v) is 15.4. The number of carbonyl (C=O) groups excluding carboxylic acids is 1. The molecule has 1 N–H and O–H groups in total. The third kappa shape index (κ3) is 4.14. The van der Waals surface area contributed by atoms with Crippen LogP contribution in [0.2, 0.25) is 0 Å². The average Bonchev–Trinajstić information content (AvgIpc) is 2.62. The lowest BCUT2D eigenvalue weighted by Gasteiger charge is -2.09. The number of nitrogens with one attached hydrogen (secondary N) is 1. The number of anilines is 1. The Morgan fingerprint density at radius 2 is 2.08 bits per heavy atom. The quantitative estimate of drug-likeness (QED) is 0.710. The fourth-order valence-electron chi connectivity index (χ4n) is 2.60. The summed E-state index contributed by atoms with van der Waals surface area (Å²) in [6, 6.07) is 13.1. The van der Waals surface area contributed by atoms with Gasteiger partial charge >= 0.3 is 0 Å². The first-order valence-electron chi connectivity index (χ1n) is 8.10. The minimum Gasteiger partial charge on any atom is -0.326 e. The summed E-state index contributed by atoms with van der Waals surface area (Å²) in [7, 11) is 0. The molecule has 0 aliphatic rings. The molecule has 25 heavy (non-hydrogen) atoms. The maximum atomic E-state index is 12.5. The van der Waals surface area contributed by atoms with Crippen LogP contribution in [0.3, 0.4) is 0 Å². The van der Waals surface area contributed by atoms with Crippen LogP contribution < -0.4 is 10.9 Å². The van der Waals surface area contributed by atoms with Crippen molar-refractivity contribution in [1.29, 1.82) is 0 Å². The molecule has 0 radical (unpaired) electrons. The van der Waals surface area contributed by atoms with Crippen molar-refractivity contribution in [3.8, 4) is 0 Å². The number of aryl methyl sites for hydroxylation is 2. The number of benzene rings is 2. The Morgan fingerprint density at radius 1 is 1.24 bits per heavy atom. The summed E-state index contributed by atoms with van der Waals surface area (Å²) < 4.78 is 2.29. The Morgan fingerprint density at radius 3 is 2.88 bits per heavy atom. The van der Waals surface area contributed by atoms with Crippen LogP contribution in [-0.4, -0.2) is 15.5 Å². The minimum atomic E-state index is -0.146.